The van der Waals surface area contributed by atoms with E-state index in [1.165, 1.54) is 19.3 Å². The van der Waals surface area contributed by atoms with E-state index in [4.69, 9.17) is 19.9 Å². The summed E-state index contributed by atoms with van der Waals surface area (Å²) in [4.78, 5) is 18.8. The summed E-state index contributed by atoms with van der Waals surface area (Å²) in [6.45, 7) is 9.26. The van der Waals surface area contributed by atoms with Crippen molar-refractivity contribution in [1.29, 1.82) is 0 Å². The van der Waals surface area contributed by atoms with Crippen molar-refractivity contribution in [2.75, 3.05) is 33.3 Å². The summed E-state index contributed by atoms with van der Waals surface area (Å²) < 4.78 is 17.6. The zero-order chi connectivity index (χ0) is 28.3. The Balaban J connectivity index is 1.38. The SMILES string of the molecule is COc1cc(C(=O)N(C/C(C)=C/c2ccccc2)C[C@@H]2CCCN2C[C@H]2CC[C@H](N)CC2)cc2c1OC(C)(C)O2. The van der Waals surface area contributed by atoms with Crippen LogP contribution in [0.25, 0.3) is 6.08 Å². The van der Waals surface area contributed by atoms with E-state index >= 15 is 0 Å². The second kappa shape index (κ2) is 12.2. The summed E-state index contributed by atoms with van der Waals surface area (Å²) in [6, 6.07) is 14.6. The maximum absolute atomic E-state index is 14.2. The smallest absolute Gasteiger partial charge is 0.254 e. The Kier molecular flexibility index (Phi) is 8.71. The minimum Gasteiger partial charge on any atom is -0.493 e. The van der Waals surface area contributed by atoms with Gasteiger partial charge in [-0.3, -0.25) is 9.69 Å². The van der Waals surface area contributed by atoms with Gasteiger partial charge in [-0.25, -0.2) is 0 Å². The Labute approximate surface area is 239 Å². The van der Waals surface area contributed by atoms with Gasteiger partial charge in [-0.1, -0.05) is 42.0 Å². The molecule has 0 bridgehead atoms. The van der Waals surface area contributed by atoms with E-state index in [2.05, 4.69) is 30.0 Å². The monoisotopic (exact) mass is 547 g/mol. The molecule has 2 aliphatic heterocycles. The number of nitrogens with zero attached hydrogens (tertiary/aromatic N) is 2. The van der Waals surface area contributed by atoms with Crippen LogP contribution in [0.3, 0.4) is 0 Å². The Morgan fingerprint density at radius 1 is 1.12 bits per heavy atom. The minimum atomic E-state index is -0.806. The molecule has 1 amide bonds. The first-order valence-electron chi connectivity index (χ1n) is 14.8. The lowest BCUT2D eigenvalue weighted by Gasteiger charge is -2.35. The van der Waals surface area contributed by atoms with Crippen molar-refractivity contribution < 1.29 is 19.0 Å². The van der Waals surface area contributed by atoms with Gasteiger partial charge in [0.05, 0.1) is 7.11 Å². The number of methoxy groups -OCH3 is 1. The Morgan fingerprint density at radius 2 is 1.88 bits per heavy atom. The number of ether oxygens (including phenoxy) is 3. The minimum absolute atomic E-state index is 0.0225. The highest BCUT2D eigenvalue weighted by Gasteiger charge is 2.36. The summed E-state index contributed by atoms with van der Waals surface area (Å²) in [5.41, 5.74) is 8.99. The van der Waals surface area contributed by atoms with E-state index in [0.717, 1.165) is 43.5 Å². The molecule has 7 nitrogen and oxygen atoms in total. The number of nitrogens with two attached hydrogens (primary N) is 1. The number of fused-ring (bicyclic) bond motifs is 1. The third-order valence-electron chi connectivity index (χ3n) is 8.45. The van der Waals surface area contributed by atoms with Gasteiger partial charge in [0, 0.05) is 51.1 Å². The number of hydrogen-bond acceptors (Lipinski definition) is 6. The molecule has 5 rings (SSSR count). The van der Waals surface area contributed by atoms with Gasteiger partial charge in [-0.15, -0.1) is 0 Å². The molecule has 1 saturated carbocycles. The predicted molar refractivity (Wildman–Crippen MR) is 159 cm³/mol. The summed E-state index contributed by atoms with van der Waals surface area (Å²) in [6.07, 6.45) is 9.11. The molecule has 2 heterocycles. The lowest BCUT2D eigenvalue weighted by atomic mass is 9.86. The van der Waals surface area contributed by atoms with Crippen molar-refractivity contribution in [2.24, 2.45) is 11.7 Å². The van der Waals surface area contributed by atoms with Gasteiger partial charge in [0.2, 0.25) is 11.5 Å². The van der Waals surface area contributed by atoms with Crippen LogP contribution in [0.15, 0.2) is 48.0 Å². The third kappa shape index (κ3) is 6.81. The van der Waals surface area contributed by atoms with E-state index in [-0.39, 0.29) is 5.91 Å². The second-order valence-corrected chi connectivity index (χ2v) is 12.3. The Bertz CT molecular complexity index is 1200. The topological polar surface area (TPSA) is 77.3 Å². The maximum Gasteiger partial charge on any atom is 0.254 e. The summed E-state index contributed by atoms with van der Waals surface area (Å²) in [5, 5.41) is 0. The first kappa shape index (κ1) is 28.5. The first-order chi connectivity index (χ1) is 19.2. The molecule has 40 heavy (non-hydrogen) atoms. The van der Waals surface area contributed by atoms with Crippen LogP contribution in [0, 0.1) is 5.92 Å². The number of benzene rings is 2. The second-order valence-electron chi connectivity index (χ2n) is 12.3. The van der Waals surface area contributed by atoms with Crippen LogP contribution in [0.2, 0.25) is 0 Å². The number of rotatable bonds is 9. The first-order valence-corrected chi connectivity index (χ1v) is 14.8. The molecule has 216 valence electrons. The van der Waals surface area contributed by atoms with Crippen LogP contribution in [-0.2, 0) is 0 Å². The van der Waals surface area contributed by atoms with Crippen molar-refractivity contribution >= 4 is 12.0 Å². The van der Waals surface area contributed by atoms with Crippen molar-refractivity contribution in [2.45, 2.75) is 77.2 Å². The average Bonchev–Trinajstić information content (AvgIpc) is 3.50. The molecule has 3 aliphatic rings. The molecule has 1 atom stereocenters. The number of carbonyl (C=O) groups is 1. The standard InChI is InChI=1S/C33H45N3O4/c1-23(17-24-9-6-5-7-10-24)20-36(22-28-11-8-16-35(28)21-25-12-14-27(34)15-13-25)32(37)26-18-29(38-4)31-30(19-26)39-33(2,3)40-31/h5-7,9-10,17-19,25,27-28H,8,11-16,20-22,34H2,1-4H3/b23-17+/t25-,27-,28-/m0/s1. The molecule has 7 heteroatoms. The van der Waals surface area contributed by atoms with Crippen LogP contribution in [-0.4, -0.2) is 66.9 Å². The van der Waals surface area contributed by atoms with Crippen LogP contribution in [0.5, 0.6) is 17.2 Å². The predicted octanol–water partition coefficient (Wildman–Crippen LogP) is 5.73. The van der Waals surface area contributed by atoms with Gasteiger partial charge in [0.15, 0.2) is 11.5 Å². The van der Waals surface area contributed by atoms with Crippen molar-refractivity contribution in [3.63, 3.8) is 0 Å². The molecule has 1 saturated heterocycles. The molecule has 2 aromatic rings. The molecule has 0 radical (unpaired) electrons. The number of likely N-dealkylation sites (tertiary alicyclic amines) is 1. The molecule has 2 N–H and O–H groups in total. The quantitative estimate of drug-likeness (QED) is 0.432. The molecule has 0 aromatic heterocycles. The normalized spacial score (nSPS) is 24.2. The van der Waals surface area contributed by atoms with Crippen LogP contribution in [0.1, 0.15) is 75.2 Å². The van der Waals surface area contributed by atoms with E-state index in [1.54, 1.807) is 19.2 Å². The summed E-state index contributed by atoms with van der Waals surface area (Å²) >= 11 is 0. The van der Waals surface area contributed by atoms with Gasteiger partial charge >= 0.3 is 0 Å². The summed E-state index contributed by atoms with van der Waals surface area (Å²) in [5.74, 6) is 1.48. The molecular weight excluding hydrogens is 502 g/mol. The van der Waals surface area contributed by atoms with Gasteiger partial charge in [-0.2, -0.15) is 0 Å². The van der Waals surface area contributed by atoms with Gasteiger partial charge in [0.1, 0.15) is 0 Å². The van der Waals surface area contributed by atoms with Crippen molar-refractivity contribution in [3.8, 4) is 17.2 Å². The van der Waals surface area contributed by atoms with Crippen molar-refractivity contribution in [3.05, 3.63) is 59.2 Å². The van der Waals surface area contributed by atoms with Gasteiger partial charge < -0.3 is 24.8 Å². The molecule has 0 unspecified atom stereocenters. The fraction of sp³-hybridized carbons (Fsp3) is 0.545. The molecular formula is C33H45N3O4. The number of amides is 1. The highest BCUT2D eigenvalue weighted by atomic mass is 16.7. The summed E-state index contributed by atoms with van der Waals surface area (Å²) in [7, 11) is 1.59. The third-order valence-corrected chi connectivity index (χ3v) is 8.45. The van der Waals surface area contributed by atoms with E-state index < -0.39 is 5.79 Å². The zero-order valence-corrected chi connectivity index (χ0v) is 24.5. The van der Waals surface area contributed by atoms with E-state index in [1.807, 2.05) is 36.9 Å². The molecule has 0 spiro atoms. The van der Waals surface area contributed by atoms with Gasteiger partial charge in [-0.05, 0) is 75.6 Å². The van der Waals surface area contributed by atoms with Crippen LogP contribution >= 0.6 is 0 Å². The largest absolute Gasteiger partial charge is 0.493 e. The number of hydrogen-bond donors (Lipinski definition) is 1. The lowest BCUT2D eigenvalue weighted by molar-refractivity contribution is -0.0439. The highest BCUT2D eigenvalue weighted by Crippen LogP contribution is 2.47. The van der Waals surface area contributed by atoms with Crippen LogP contribution in [0.4, 0.5) is 0 Å². The zero-order valence-electron chi connectivity index (χ0n) is 24.5. The maximum atomic E-state index is 14.2. The highest BCUT2D eigenvalue weighted by molar-refractivity contribution is 5.96. The van der Waals surface area contributed by atoms with E-state index in [9.17, 15) is 4.79 Å². The number of carbonyl (C=O) groups excluding carboxylic acids is 1. The molecule has 1 aliphatic carbocycles. The Morgan fingerprint density at radius 3 is 2.60 bits per heavy atom. The average molecular weight is 548 g/mol. The van der Waals surface area contributed by atoms with E-state index in [0.29, 0.717) is 53.9 Å². The lowest BCUT2D eigenvalue weighted by Crippen LogP contribution is -2.45. The van der Waals surface area contributed by atoms with Gasteiger partial charge in [0.25, 0.3) is 5.91 Å². The fourth-order valence-corrected chi connectivity index (χ4v) is 6.44. The molecule has 2 aromatic carbocycles. The Hall–Kier alpha value is -3.03. The molecule has 2 fully saturated rings. The fourth-order valence-electron chi connectivity index (χ4n) is 6.44. The van der Waals surface area contributed by atoms with Crippen molar-refractivity contribution in [1.82, 2.24) is 9.80 Å². The van der Waals surface area contributed by atoms with Crippen LogP contribution < -0.4 is 19.9 Å².